The highest BCUT2D eigenvalue weighted by atomic mass is 35.5. The minimum Gasteiger partial charge on any atom is -0.309 e. The zero-order chi connectivity index (χ0) is 15.0. The Morgan fingerprint density at radius 2 is 1.90 bits per heavy atom. The first-order valence-electron chi connectivity index (χ1n) is 7.22. The number of aromatic nitrogens is 1. The first kappa shape index (κ1) is 15.3. The topological polar surface area (TPSA) is 24.9 Å². The van der Waals surface area contributed by atoms with Gasteiger partial charge in [-0.05, 0) is 37.0 Å². The summed E-state index contributed by atoms with van der Waals surface area (Å²) in [4.78, 5) is 6.14. The van der Waals surface area contributed by atoms with Crippen molar-refractivity contribution in [2.75, 3.05) is 0 Å². The van der Waals surface area contributed by atoms with Crippen LogP contribution in [0.5, 0.6) is 0 Å². The van der Waals surface area contributed by atoms with E-state index >= 15 is 0 Å². The zero-order valence-corrected chi connectivity index (χ0v) is 14.4. The van der Waals surface area contributed by atoms with Crippen LogP contribution in [0.4, 0.5) is 0 Å². The van der Waals surface area contributed by atoms with E-state index in [4.69, 9.17) is 28.2 Å². The van der Waals surface area contributed by atoms with Gasteiger partial charge in [-0.15, -0.1) is 11.3 Å². The van der Waals surface area contributed by atoms with E-state index in [0.717, 1.165) is 17.1 Å². The van der Waals surface area contributed by atoms with Crippen LogP contribution >= 0.6 is 34.5 Å². The van der Waals surface area contributed by atoms with Crippen molar-refractivity contribution in [3.63, 3.8) is 0 Å². The quantitative estimate of drug-likeness (QED) is 0.777. The van der Waals surface area contributed by atoms with Crippen LogP contribution < -0.4 is 5.32 Å². The first-order chi connectivity index (χ1) is 10.0. The summed E-state index contributed by atoms with van der Waals surface area (Å²) >= 11 is 13.9. The molecule has 0 radical (unpaired) electrons. The Morgan fingerprint density at radius 3 is 2.48 bits per heavy atom. The Balaban J connectivity index is 1.92. The maximum atomic E-state index is 6.10. The highest BCUT2D eigenvalue weighted by molar-refractivity contribution is 7.15. The maximum Gasteiger partial charge on any atom is 0.124 e. The van der Waals surface area contributed by atoms with Gasteiger partial charge in [-0.1, -0.05) is 37.0 Å². The molecule has 2 aromatic rings. The van der Waals surface area contributed by atoms with E-state index in [2.05, 4.69) is 19.2 Å². The van der Waals surface area contributed by atoms with Crippen molar-refractivity contribution in [1.29, 1.82) is 0 Å². The number of hydrogen-bond acceptors (Lipinski definition) is 3. The van der Waals surface area contributed by atoms with Gasteiger partial charge >= 0.3 is 0 Å². The lowest BCUT2D eigenvalue weighted by Gasteiger charge is -2.05. The van der Waals surface area contributed by atoms with Crippen LogP contribution in [-0.4, -0.2) is 11.0 Å². The lowest BCUT2D eigenvalue weighted by atomic mass is 10.1. The average Bonchev–Trinajstić information content (AvgIpc) is 3.13. The number of nitrogens with one attached hydrogen (secondary N) is 1. The second kappa shape index (κ2) is 6.25. The SMILES string of the molecule is CC(C)c1nc(-c2cc(Cl)cc(Cl)c2)sc1CNC1CC1. The lowest BCUT2D eigenvalue weighted by Crippen LogP contribution is -2.15. The molecule has 5 heteroatoms. The van der Waals surface area contributed by atoms with Crippen LogP contribution in [0.15, 0.2) is 18.2 Å². The Labute approximate surface area is 139 Å². The summed E-state index contributed by atoms with van der Waals surface area (Å²) in [5, 5.41) is 5.87. The van der Waals surface area contributed by atoms with E-state index in [9.17, 15) is 0 Å². The Bertz CT molecular complexity index is 627. The fraction of sp³-hybridized carbons (Fsp3) is 0.438. The third kappa shape index (κ3) is 3.78. The summed E-state index contributed by atoms with van der Waals surface area (Å²) in [6.07, 6.45) is 2.60. The molecule has 1 heterocycles. The van der Waals surface area contributed by atoms with Crippen molar-refractivity contribution in [3.8, 4) is 10.6 Å². The largest absolute Gasteiger partial charge is 0.309 e. The van der Waals surface area contributed by atoms with Crippen molar-refractivity contribution in [2.24, 2.45) is 0 Å². The van der Waals surface area contributed by atoms with Gasteiger partial charge in [-0.2, -0.15) is 0 Å². The van der Waals surface area contributed by atoms with Gasteiger partial charge in [0.05, 0.1) is 5.69 Å². The highest BCUT2D eigenvalue weighted by Gasteiger charge is 2.22. The smallest absolute Gasteiger partial charge is 0.124 e. The average molecular weight is 341 g/mol. The molecule has 0 spiro atoms. The van der Waals surface area contributed by atoms with Crippen molar-refractivity contribution in [1.82, 2.24) is 10.3 Å². The minimum atomic E-state index is 0.417. The van der Waals surface area contributed by atoms with Crippen LogP contribution in [0.25, 0.3) is 10.6 Å². The molecule has 21 heavy (non-hydrogen) atoms. The molecular formula is C16H18Cl2N2S. The van der Waals surface area contributed by atoms with Crippen LogP contribution in [0.2, 0.25) is 10.0 Å². The van der Waals surface area contributed by atoms with Crippen molar-refractivity contribution in [3.05, 3.63) is 38.8 Å². The van der Waals surface area contributed by atoms with Gasteiger partial charge in [0.15, 0.2) is 0 Å². The second-order valence-electron chi connectivity index (χ2n) is 5.80. The molecule has 0 bridgehead atoms. The van der Waals surface area contributed by atoms with Crippen molar-refractivity contribution in [2.45, 2.75) is 45.2 Å². The number of thiazole rings is 1. The predicted molar refractivity (Wildman–Crippen MR) is 91.5 cm³/mol. The number of rotatable bonds is 5. The van der Waals surface area contributed by atoms with Crippen molar-refractivity contribution >= 4 is 34.5 Å². The third-order valence-corrected chi connectivity index (χ3v) is 5.07. The van der Waals surface area contributed by atoms with Gasteiger partial charge in [0, 0.05) is 33.1 Å². The molecule has 0 atom stereocenters. The molecule has 2 nitrogen and oxygen atoms in total. The van der Waals surface area contributed by atoms with E-state index in [-0.39, 0.29) is 0 Å². The number of hydrogen-bond donors (Lipinski definition) is 1. The van der Waals surface area contributed by atoms with Gasteiger partial charge in [-0.3, -0.25) is 0 Å². The van der Waals surface area contributed by atoms with Crippen LogP contribution in [0.1, 0.15) is 43.2 Å². The van der Waals surface area contributed by atoms with Gasteiger partial charge in [0.2, 0.25) is 0 Å². The standard InChI is InChI=1S/C16H18Cl2N2S/c1-9(2)15-14(8-19-13-3-4-13)21-16(20-15)10-5-11(17)7-12(18)6-10/h5-7,9,13,19H,3-4,8H2,1-2H3. The molecule has 112 valence electrons. The fourth-order valence-corrected chi connectivity index (χ4v) is 3.95. The lowest BCUT2D eigenvalue weighted by molar-refractivity contribution is 0.681. The summed E-state index contributed by atoms with van der Waals surface area (Å²) in [6.45, 7) is 5.28. The van der Waals surface area contributed by atoms with E-state index in [0.29, 0.717) is 22.0 Å². The molecule has 1 aliphatic carbocycles. The summed E-state index contributed by atoms with van der Waals surface area (Å²) in [7, 11) is 0. The molecule has 0 aliphatic heterocycles. The van der Waals surface area contributed by atoms with Gasteiger partial charge in [0.25, 0.3) is 0 Å². The first-order valence-corrected chi connectivity index (χ1v) is 8.79. The number of nitrogens with zero attached hydrogens (tertiary/aromatic N) is 1. The molecule has 0 amide bonds. The van der Waals surface area contributed by atoms with Crippen LogP contribution in [0.3, 0.4) is 0 Å². The van der Waals surface area contributed by atoms with E-state index in [1.165, 1.54) is 23.4 Å². The zero-order valence-electron chi connectivity index (χ0n) is 12.1. The molecule has 1 aromatic carbocycles. The maximum absolute atomic E-state index is 6.10. The Morgan fingerprint density at radius 1 is 1.24 bits per heavy atom. The molecule has 1 saturated carbocycles. The fourth-order valence-electron chi connectivity index (χ4n) is 2.27. The molecule has 1 aromatic heterocycles. The highest BCUT2D eigenvalue weighted by Crippen LogP contribution is 2.34. The second-order valence-corrected chi connectivity index (χ2v) is 7.75. The van der Waals surface area contributed by atoms with E-state index < -0.39 is 0 Å². The third-order valence-electron chi connectivity index (χ3n) is 3.51. The summed E-state index contributed by atoms with van der Waals surface area (Å²) in [5.41, 5.74) is 2.18. The molecule has 1 aliphatic rings. The minimum absolute atomic E-state index is 0.417. The molecule has 3 rings (SSSR count). The molecule has 1 N–H and O–H groups in total. The number of benzene rings is 1. The molecule has 0 saturated heterocycles. The summed E-state index contributed by atoms with van der Waals surface area (Å²) in [5.74, 6) is 0.417. The van der Waals surface area contributed by atoms with Gasteiger partial charge < -0.3 is 5.32 Å². The molecule has 1 fully saturated rings. The molecular weight excluding hydrogens is 323 g/mol. The predicted octanol–water partition coefficient (Wildman–Crippen LogP) is 5.49. The van der Waals surface area contributed by atoms with Gasteiger partial charge in [-0.25, -0.2) is 4.98 Å². The van der Waals surface area contributed by atoms with Crippen LogP contribution in [0, 0.1) is 0 Å². The summed E-state index contributed by atoms with van der Waals surface area (Å²) in [6, 6.07) is 6.30. The monoisotopic (exact) mass is 340 g/mol. The Kier molecular flexibility index (Phi) is 4.55. The van der Waals surface area contributed by atoms with E-state index in [1.807, 2.05) is 12.1 Å². The molecule has 0 unspecified atom stereocenters. The summed E-state index contributed by atoms with van der Waals surface area (Å²) < 4.78 is 0. The van der Waals surface area contributed by atoms with Crippen molar-refractivity contribution < 1.29 is 0 Å². The number of halogens is 2. The Hall–Kier alpha value is -0.610. The van der Waals surface area contributed by atoms with Crippen LogP contribution in [-0.2, 0) is 6.54 Å². The van der Waals surface area contributed by atoms with Gasteiger partial charge in [0.1, 0.15) is 5.01 Å². The normalized spacial score (nSPS) is 14.9. The van der Waals surface area contributed by atoms with E-state index in [1.54, 1.807) is 17.4 Å².